The number of halogens is 1. The summed E-state index contributed by atoms with van der Waals surface area (Å²) in [6.45, 7) is 3.01. The standard InChI is InChI=1S/C14H15ClN2O2S/c1-2-7-16-14(18)12-9-20-13(17-12)8-19-11-5-3-10(15)4-6-11/h3-6,9H,2,7-8H2,1H3,(H,16,18). The van der Waals surface area contributed by atoms with E-state index in [1.807, 2.05) is 6.92 Å². The van der Waals surface area contributed by atoms with E-state index >= 15 is 0 Å². The van der Waals surface area contributed by atoms with Gasteiger partial charge in [0.1, 0.15) is 23.1 Å². The van der Waals surface area contributed by atoms with Crippen LogP contribution in [0, 0.1) is 0 Å². The van der Waals surface area contributed by atoms with Crippen LogP contribution in [0.5, 0.6) is 5.75 Å². The molecule has 2 aromatic rings. The number of benzene rings is 1. The molecule has 0 saturated heterocycles. The van der Waals surface area contributed by atoms with Gasteiger partial charge in [0, 0.05) is 16.9 Å². The summed E-state index contributed by atoms with van der Waals surface area (Å²) in [5.74, 6) is 0.586. The summed E-state index contributed by atoms with van der Waals surface area (Å²) in [4.78, 5) is 16.0. The van der Waals surface area contributed by atoms with Crippen LogP contribution in [0.2, 0.25) is 5.02 Å². The third-order valence-electron chi connectivity index (χ3n) is 2.50. The minimum atomic E-state index is -0.138. The fraction of sp³-hybridized carbons (Fsp3) is 0.286. The first-order chi connectivity index (χ1) is 9.69. The fourth-order valence-corrected chi connectivity index (χ4v) is 2.30. The second-order valence-corrected chi connectivity index (χ2v) is 5.50. The minimum absolute atomic E-state index is 0.138. The molecular weight excluding hydrogens is 296 g/mol. The summed E-state index contributed by atoms with van der Waals surface area (Å²) >= 11 is 7.21. The second kappa shape index (κ2) is 7.26. The van der Waals surface area contributed by atoms with Crippen LogP contribution in [0.4, 0.5) is 0 Å². The van der Waals surface area contributed by atoms with E-state index in [1.165, 1.54) is 11.3 Å². The summed E-state index contributed by atoms with van der Waals surface area (Å²) in [6, 6.07) is 7.13. The van der Waals surface area contributed by atoms with Crippen molar-refractivity contribution in [3.63, 3.8) is 0 Å². The summed E-state index contributed by atoms with van der Waals surface area (Å²) in [7, 11) is 0. The van der Waals surface area contributed by atoms with Crippen molar-refractivity contribution >= 4 is 28.8 Å². The maximum absolute atomic E-state index is 11.7. The van der Waals surface area contributed by atoms with Crippen LogP contribution in [0.1, 0.15) is 28.8 Å². The number of amides is 1. The zero-order valence-corrected chi connectivity index (χ0v) is 12.6. The molecule has 0 unspecified atom stereocenters. The van der Waals surface area contributed by atoms with Crippen LogP contribution in [-0.4, -0.2) is 17.4 Å². The molecule has 0 aliphatic rings. The zero-order chi connectivity index (χ0) is 14.4. The van der Waals surface area contributed by atoms with Crippen molar-refractivity contribution in [3.8, 4) is 5.75 Å². The molecule has 0 atom stereocenters. The third kappa shape index (κ3) is 4.21. The summed E-state index contributed by atoms with van der Waals surface area (Å²) in [5, 5.41) is 5.97. The zero-order valence-electron chi connectivity index (χ0n) is 11.1. The first-order valence-corrected chi connectivity index (χ1v) is 7.55. The predicted octanol–water partition coefficient (Wildman–Crippen LogP) is 3.52. The number of hydrogen-bond acceptors (Lipinski definition) is 4. The van der Waals surface area contributed by atoms with Gasteiger partial charge in [-0.2, -0.15) is 0 Å². The van der Waals surface area contributed by atoms with Gasteiger partial charge in [-0.1, -0.05) is 18.5 Å². The third-order valence-corrected chi connectivity index (χ3v) is 3.57. The molecule has 1 amide bonds. The molecule has 0 saturated carbocycles. The van der Waals surface area contributed by atoms with Gasteiger partial charge < -0.3 is 10.1 Å². The Bertz CT molecular complexity index is 569. The van der Waals surface area contributed by atoms with Gasteiger partial charge in [-0.05, 0) is 30.7 Å². The average Bonchev–Trinajstić information content (AvgIpc) is 2.93. The van der Waals surface area contributed by atoms with Gasteiger partial charge in [0.25, 0.3) is 5.91 Å². The molecule has 0 aliphatic heterocycles. The van der Waals surface area contributed by atoms with Crippen LogP contribution in [-0.2, 0) is 6.61 Å². The number of thiazole rings is 1. The Labute approximate surface area is 126 Å². The fourth-order valence-electron chi connectivity index (χ4n) is 1.49. The SMILES string of the molecule is CCCNC(=O)c1csc(COc2ccc(Cl)cc2)n1. The van der Waals surface area contributed by atoms with Crippen LogP contribution < -0.4 is 10.1 Å². The number of hydrogen-bond donors (Lipinski definition) is 1. The topological polar surface area (TPSA) is 51.2 Å². The van der Waals surface area contributed by atoms with E-state index in [2.05, 4.69) is 10.3 Å². The molecule has 1 aromatic heterocycles. The highest BCUT2D eigenvalue weighted by atomic mass is 35.5. The van der Waals surface area contributed by atoms with Gasteiger partial charge in [-0.3, -0.25) is 4.79 Å². The largest absolute Gasteiger partial charge is 0.486 e. The van der Waals surface area contributed by atoms with Crippen LogP contribution in [0.25, 0.3) is 0 Å². The van der Waals surface area contributed by atoms with Crippen molar-refractivity contribution in [2.75, 3.05) is 6.54 Å². The van der Waals surface area contributed by atoms with Gasteiger partial charge in [0.05, 0.1) is 0 Å². The van der Waals surface area contributed by atoms with E-state index in [4.69, 9.17) is 16.3 Å². The van der Waals surface area contributed by atoms with Crippen molar-refractivity contribution in [3.05, 3.63) is 45.4 Å². The smallest absolute Gasteiger partial charge is 0.270 e. The molecular formula is C14H15ClN2O2S. The summed E-state index contributed by atoms with van der Waals surface area (Å²) in [6.07, 6.45) is 0.905. The van der Waals surface area contributed by atoms with Crippen molar-refractivity contribution in [1.82, 2.24) is 10.3 Å². The maximum atomic E-state index is 11.7. The number of carbonyl (C=O) groups is 1. The van der Waals surface area contributed by atoms with Crippen molar-refractivity contribution in [2.45, 2.75) is 20.0 Å². The highest BCUT2D eigenvalue weighted by Gasteiger charge is 2.10. The Balaban J connectivity index is 1.89. The molecule has 0 fully saturated rings. The molecule has 1 N–H and O–H groups in total. The maximum Gasteiger partial charge on any atom is 0.270 e. The van der Waals surface area contributed by atoms with E-state index in [0.717, 1.165) is 17.2 Å². The number of rotatable bonds is 6. The van der Waals surface area contributed by atoms with Crippen LogP contribution >= 0.6 is 22.9 Å². The van der Waals surface area contributed by atoms with Crippen LogP contribution in [0.3, 0.4) is 0 Å². The quantitative estimate of drug-likeness (QED) is 0.888. The second-order valence-electron chi connectivity index (χ2n) is 4.12. The molecule has 0 aliphatic carbocycles. The first-order valence-electron chi connectivity index (χ1n) is 6.30. The monoisotopic (exact) mass is 310 g/mol. The normalized spacial score (nSPS) is 10.3. The van der Waals surface area contributed by atoms with Gasteiger partial charge in [-0.25, -0.2) is 4.98 Å². The minimum Gasteiger partial charge on any atom is -0.486 e. The predicted molar refractivity (Wildman–Crippen MR) is 80.5 cm³/mol. The molecule has 20 heavy (non-hydrogen) atoms. The lowest BCUT2D eigenvalue weighted by molar-refractivity contribution is 0.0949. The number of aromatic nitrogens is 1. The van der Waals surface area contributed by atoms with Gasteiger partial charge >= 0.3 is 0 Å². The van der Waals surface area contributed by atoms with Gasteiger partial charge in [0.15, 0.2) is 0 Å². The molecule has 1 heterocycles. The van der Waals surface area contributed by atoms with E-state index < -0.39 is 0 Å². The van der Waals surface area contributed by atoms with Gasteiger partial charge in [-0.15, -0.1) is 11.3 Å². The highest BCUT2D eigenvalue weighted by Crippen LogP contribution is 2.18. The Morgan fingerprint density at radius 3 is 2.85 bits per heavy atom. The molecule has 2 rings (SSSR count). The molecule has 106 valence electrons. The van der Waals surface area contributed by atoms with E-state index in [9.17, 15) is 4.79 Å². The highest BCUT2D eigenvalue weighted by molar-refractivity contribution is 7.09. The molecule has 0 bridgehead atoms. The van der Waals surface area contributed by atoms with Crippen LogP contribution in [0.15, 0.2) is 29.6 Å². The number of nitrogens with one attached hydrogen (secondary N) is 1. The number of ether oxygens (including phenoxy) is 1. The Hall–Kier alpha value is -1.59. The summed E-state index contributed by atoms with van der Waals surface area (Å²) < 4.78 is 5.58. The molecule has 6 heteroatoms. The molecule has 4 nitrogen and oxygen atoms in total. The lowest BCUT2D eigenvalue weighted by Gasteiger charge is -2.03. The Kier molecular flexibility index (Phi) is 5.38. The van der Waals surface area contributed by atoms with Crippen molar-refractivity contribution in [1.29, 1.82) is 0 Å². The summed E-state index contributed by atoms with van der Waals surface area (Å²) in [5.41, 5.74) is 0.443. The number of carbonyl (C=O) groups excluding carboxylic acids is 1. The molecule has 0 radical (unpaired) electrons. The van der Waals surface area contributed by atoms with Crippen molar-refractivity contribution in [2.24, 2.45) is 0 Å². The Morgan fingerprint density at radius 2 is 2.15 bits per heavy atom. The van der Waals surface area contributed by atoms with E-state index in [1.54, 1.807) is 29.6 Å². The average molecular weight is 311 g/mol. The van der Waals surface area contributed by atoms with E-state index in [0.29, 0.717) is 23.9 Å². The molecule has 1 aromatic carbocycles. The Morgan fingerprint density at radius 1 is 1.40 bits per heavy atom. The first kappa shape index (κ1) is 14.8. The number of nitrogens with zero attached hydrogens (tertiary/aromatic N) is 1. The van der Waals surface area contributed by atoms with E-state index in [-0.39, 0.29) is 5.91 Å². The molecule has 0 spiro atoms. The van der Waals surface area contributed by atoms with Crippen molar-refractivity contribution < 1.29 is 9.53 Å². The van der Waals surface area contributed by atoms with Gasteiger partial charge in [0.2, 0.25) is 0 Å². The lowest BCUT2D eigenvalue weighted by atomic mass is 10.3. The lowest BCUT2D eigenvalue weighted by Crippen LogP contribution is -2.24.